The first-order chi connectivity index (χ1) is 7.27. The summed E-state index contributed by atoms with van der Waals surface area (Å²) >= 11 is 0. The van der Waals surface area contributed by atoms with Crippen molar-refractivity contribution in [3.63, 3.8) is 0 Å². The molecule has 3 nitrogen and oxygen atoms in total. The van der Waals surface area contributed by atoms with Crippen LogP contribution >= 0.6 is 0 Å². The summed E-state index contributed by atoms with van der Waals surface area (Å²) in [4.78, 5) is 0. The van der Waals surface area contributed by atoms with Crippen molar-refractivity contribution in [2.75, 3.05) is 13.2 Å². The van der Waals surface area contributed by atoms with Crippen LogP contribution < -0.4 is 4.74 Å². The fourth-order valence-electron chi connectivity index (χ4n) is 1.25. The zero-order chi connectivity index (χ0) is 11.1. The highest BCUT2D eigenvalue weighted by Gasteiger charge is 2.03. The molecule has 84 valence electrons. The molecule has 1 aromatic carbocycles. The summed E-state index contributed by atoms with van der Waals surface area (Å²) in [6.45, 7) is 5.83. The Morgan fingerprint density at radius 1 is 1.27 bits per heavy atom. The number of aromatic hydroxyl groups is 1. The zero-order valence-corrected chi connectivity index (χ0v) is 9.32. The van der Waals surface area contributed by atoms with E-state index in [1.807, 2.05) is 19.1 Å². The number of hydrogen-bond acceptors (Lipinski definition) is 3. The minimum Gasteiger partial charge on any atom is -0.504 e. The molecule has 0 saturated carbocycles. The Hall–Kier alpha value is -1.22. The molecule has 0 saturated heterocycles. The van der Waals surface area contributed by atoms with Crippen LogP contribution in [0.3, 0.4) is 0 Å². The van der Waals surface area contributed by atoms with Crippen molar-refractivity contribution < 1.29 is 14.6 Å². The van der Waals surface area contributed by atoms with Gasteiger partial charge in [0.25, 0.3) is 0 Å². The molecule has 1 N–H and O–H groups in total. The predicted molar refractivity (Wildman–Crippen MR) is 59.2 cm³/mol. The first-order valence-electron chi connectivity index (χ1n) is 5.30. The van der Waals surface area contributed by atoms with E-state index < -0.39 is 0 Å². The van der Waals surface area contributed by atoms with Crippen molar-refractivity contribution in [2.45, 2.75) is 26.9 Å². The molecule has 0 aliphatic rings. The molecule has 15 heavy (non-hydrogen) atoms. The van der Waals surface area contributed by atoms with Gasteiger partial charge in [0, 0.05) is 6.61 Å². The van der Waals surface area contributed by atoms with E-state index in [4.69, 9.17) is 9.47 Å². The number of hydrogen-bond donors (Lipinski definition) is 1. The summed E-state index contributed by atoms with van der Waals surface area (Å²) in [5.41, 5.74) is 1.02. The largest absolute Gasteiger partial charge is 0.504 e. The molecule has 0 aromatic heterocycles. The van der Waals surface area contributed by atoms with Crippen LogP contribution in [-0.2, 0) is 11.3 Å². The van der Waals surface area contributed by atoms with E-state index in [9.17, 15) is 5.11 Å². The Kier molecular flexibility index (Phi) is 4.98. The summed E-state index contributed by atoms with van der Waals surface area (Å²) in [6.07, 6.45) is 1.01. The highest BCUT2D eigenvalue weighted by molar-refractivity contribution is 5.41. The molecule has 0 aliphatic heterocycles. The van der Waals surface area contributed by atoms with Gasteiger partial charge in [-0.2, -0.15) is 0 Å². The van der Waals surface area contributed by atoms with Crippen LogP contribution in [-0.4, -0.2) is 18.3 Å². The van der Waals surface area contributed by atoms with Gasteiger partial charge in [-0.05, 0) is 31.0 Å². The molecule has 0 amide bonds. The summed E-state index contributed by atoms with van der Waals surface area (Å²) in [6, 6.07) is 5.29. The molecule has 0 fully saturated rings. The highest BCUT2D eigenvalue weighted by Crippen LogP contribution is 2.26. The summed E-state index contributed by atoms with van der Waals surface area (Å²) in [5, 5.41) is 9.47. The molecule has 0 aliphatic carbocycles. The van der Waals surface area contributed by atoms with Crippen LogP contribution in [0, 0.1) is 0 Å². The fourth-order valence-corrected chi connectivity index (χ4v) is 1.25. The molecule has 1 rings (SSSR count). The topological polar surface area (TPSA) is 38.7 Å². The standard InChI is InChI=1S/C12H18O3/c1-3-7-14-9-10-5-6-11(13)12(8-10)15-4-2/h5-6,8,13H,3-4,7,9H2,1-2H3. The predicted octanol–water partition coefficient (Wildman–Crippen LogP) is 2.72. The Labute approximate surface area is 90.6 Å². The van der Waals surface area contributed by atoms with Gasteiger partial charge in [0.1, 0.15) is 0 Å². The average molecular weight is 210 g/mol. The Morgan fingerprint density at radius 3 is 2.73 bits per heavy atom. The van der Waals surface area contributed by atoms with Crippen LogP contribution in [0.25, 0.3) is 0 Å². The van der Waals surface area contributed by atoms with Crippen molar-refractivity contribution in [2.24, 2.45) is 0 Å². The second kappa shape index (κ2) is 6.30. The molecule has 0 unspecified atom stereocenters. The number of ether oxygens (including phenoxy) is 2. The third-order valence-corrected chi connectivity index (χ3v) is 1.94. The van der Waals surface area contributed by atoms with Gasteiger partial charge in [0.05, 0.1) is 13.2 Å². The van der Waals surface area contributed by atoms with Crippen molar-refractivity contribution in [1.82, 2.24) is 0 Å². The number of benzene rings is 1. The molecule has 0 spiro atoms. The van der Waals surface area contributed by atoms with Gasteiger partial charge in [-0.3, -0.25) is 0 Å². The minimum atomic E-state index is 0.177. The lowest BCUT2D eigenvalue weighted by Crippen LogP contribution is -1.96. The average Bonchev–Trinajstić information content (AvgIpc) is 2.23. The van der Waals surface area contributed by atoms with Gasteiger partial charge in [0.2, 0.25) is 0 Å². The number of rotatable bonds is 6. The molecule has 1 aromatic rings. The van der Waals surface area contributed by atoms with Crippen LogP contribution in [0.1, 0.15) is 25.8 Å². The maximum absolute atomic E-state index is 9.47. The summed E-state index contributed by atoms with van der Waals surface area (Å²) in [5.74, 6) is 0.700. The molecule has 0 radical (unpaired) electrons. The van der Waals surface area contributed by atoms with Crippen LogP contribution in [0.4, 0.5) is 0 Å². The van der Waals surface area contributed by atoms with Crippen LogP contribution in [0.2, 0.25) is 0 Å². The molecule has 3 heteroatoms. The van der Waals surface area contributed by atoms with E-state index in [0.29, 0.717) is 19.0 Å². The lowest BCUT2D eigenvalue weighted by Gasteiger charge is -2.08. The van der Waals surface area contributed by atoms with Crippen molar-refractivity contribution >= 4 is 0 Å². The zero-order valence-electron chi connectivity index (χ0n) is 9.32. The normalized spacial score (nSPS) is 10.3. The van der Waals surface area contributed by atoms with Crippen molar-refractivity contribution in [3.05, 3.63) is 23.8 Å². The first-order valence-corrected chi connectivity index (χ1v) is 5.30. The monoisotopic (exact) mass is 210 g/mol. The number of phenols is 1. The van der Waals surface area contributed by atoms with Gasteiger partial charge in [-0.1, -0.05) is 13.0 Å². The minimum absolute atomic E-state index is 0.177. The van der Waals surface area contributed by atoms with Crippen LogP contribution in [0.5, 0.6) is 11.5 Å². The molecule has 0 bridgehead atoms. The maximum atomic E-state index is 9.47. The van der Waals surface area contributed by atoms with Gasteiger partial charge in [0.15, 0.2) is 11.5 Å². The third kappa shape index (κ3) is 3.80. The summed E-state index contributed by atoms with van der Waals surface area (Å²) < 4.78 is 10.7. The van der Waals surface area contributed by atoms with Gasteiger partial charge in [-0.25, -0.2) is 0 Å². The lowest BCUT2D eigenvalue weighted by molar-refractivity contribution is 0.121. The van der Waals surface area contributed by atoms with Gasteiger partial charge >= 0.3 is 0 Å². The fraction of sp³-hybridized carbons (Fsp3) is 0.500. The lowest BCUT2D eigenvalue weighted by atomic mass is 10.2. The quantitative estimate of drug-likeness (QED) is 0.734. The van der Waals surface area contributed by atoms with Crippen molar-refractivity contribution in [1.29, 1.82) is 0 Å². The molecular weight excluding hydrogens is 192 g/mol. The van der Waals surface area contributed by atoms with E-state index in [1.165, 1.54) is 0 Å². The second-order valence-electron chi connectivity index (χ2n) is 3.29. The SMILES string of the molecule is CCCOCc1ccc(O)c(OCC)c1. The molecule has 0 atom stereocenters. The van der Waals surface area contributed by atoms with Crippen LogP contribution in [0.15, 0.2) is 18.2 Å². The van der Waals surface area contributed by atoms with E-state index in [1.54, 1.807) is 6.07 Å². The highest BCUT2D eigenvalue weighted by atomic mass is 16.5. The van der Waals surface area contributed by atoms with Crippen molar-refractivity contribution in [3.8, 4) is 11.5 Å². The van der Waals surface area contributed by atoms with E-state index in [0.717, 1.165) is 18.6 Å². The van der Waals surface area contributed by atoms with E-state index >= 15 is 0 Å². The Bertz CT molecular complexity index is 297. The first kappa shape index (κ1) is 11.9. The second-order valence-corrected chi connectivity index (χ2v) is 3.29. The smallest absolute Gasteiger partial charge is 0.161 e. The summed E-state index contributed by atoms with van der Waals surface area (Å²) in [7, 11) is 0. The van der Waals surface area contributed by atoms with E-state index in [2.05, 4.69) is 6.92 Å². The van der Waals surface area contributed by atoms with E-state index in [-0.39, 0.29) is 5.75 Å². The molecular formula is C12H18O3. The Morgan fingerprint density at radius 2 is 2.07 bits per heavy atom. The maximum Gasteiger partial charge on any atom is 0.161 e. The number of phenolic OH excluding ortho intramolecular Hbond substituents is 1. The third-order valence-electron chi connectivity index (χ3n) is 1.94. The van der Waals surface area contributed by atoms with Gasteiger partial charge in [-0.15, -0.1) is 0 Å². The van der Waals surface area contributed by atoms with Gasteiger partial charge < -0.3 is 14.6 Å². The Balaban J connectivity index is 2.61. The molecule has 0 heterocycles.